The summed E-state index contributed by atoms with van der Waals surface area (Å²) >= 11 is 0. The Morgan fingerprint density at radius 2 is 2.06 bits per heavy atom. The third kappa shape index (κ3) is 3.05. The number of aliphatic hydroxyl groups is 1. The van der Waals surface area contributed by atoms with Crippen LogP contribution in [0, 0.1) is 5.92 Å². The zero-order valence-electron chi connectivity index (χ0n) is 10.0. The molecule has 0 aliphatic heterocycles. The maximum atomic E-state index is 10.6. The van der Waals surface area contributed by atoms with Gasteiger partial charge < -0.3 is 5.11 Å². The van der Waals surface area contributed by atoms with E-state index in [1.807, 2.05) is 12.1 Å². The lowest BCUT2D eigenvalue weighted by Crippen LogP contribution is -2.30. The SMILES string of the molecule is CC1CCCC(O)(Cc2ccncc2)CC1. The highest BCUT2D eigenvalue weighted by Crippen LogP contribution is 2.32. The van der Waals surface area contributed by atoms with Crippen molar-refractivity contribution in [2.75, 3.05) is 0 Å². The molecule has 1 aliphatic rings. The van der Waals surface area contributed by atoms with E-state index in [9.17, 15) is 5.11 Å². The van der Waals surface area contributed by atoms with Crippen molar-refractivity contribution in [3.63, 3.8) is 0 Å². The Bertz CT molecular complexity index is 325. The third-order valence-electron chi connectivity index (χ3n) is 3.72. The average molecular weight is 219 g/mol. The van der Waals surface area contributed by atoms with Crippen molar-refractivity contribution < 1.29 is 5.11 Å². The molecular weight excluding hydrogens is 198 g/mol. The fraction of sp³-hybridized carbons (Fsp3) is 0.643. The zero-order valence-corrected chi connectivity index (χ0v) is 10.0. The zero-order chi connectivity index (χ0) is 11.4. The van der Waals surface area contributed by atoms with Crippen LogP contribution in [0.3, 0.4) is 0 Å². The summed E-state index contributed by atoms with van der Waals surface area (Å²) in [4.78, 5) is 4.01. The number of aromatic nitrogens is 1. The van der Waals surface area contributed by atoms with Crippen LogP contribution in [-0.4, -0.2) is 15.7 Å². The molecule has 1 heterocycles. The fourth-order valence-corrected chi connectivity index (χ4v) is 2.62. The first-order valence-electron chi connectivity index (χ1n) is 6.29. The first-order chi connectivity index (χ1) is 7.68. The molecule has 2 heteroatoms. The molecular formula is C14H21NO. The number of nitrogens with zero attached hydrogens (tertiary/aromatic N) is 1. The summed E-state index contributed by atoms with van der Waals surface area (Å²) in [6, 6.07) is 4.01. The highest BCUT2D eigenvalue weighted by Gasteiger charge is 2.29. The number of rotatable bonds is 2. The Morgan fingerprint density at radius 3 is 2.81 bits per heavy atom. The monoisotopic (exact) mass is 219 g/mol. The smallest absolute Gasteiger partial charge is 0.0688 e. The third-order valence-corrected chi connectivity index (χ3v) is 3.72. The van der Waals surface area contributed by atoms with Crippen LogP contribution in [0.5, 0.6) is 0 Å². The Hall–Kier alpha value is -0.890. The van der Waals surface area contributed by atoms with E-state index in [4.69, 9.17) is 0 Å². The fourth-order valence-electron chi connectivity index (χ4n) is 2.62. The molecule has 0 amide bonds. The predicted molar refractivity (Wildman–Crippen MR) is 65.1 cm³/mol. The van der Waals surface area contributed by atoms with Crippen molar-refractivity contribution in [1.82, 2.24) is 4.98 Å². The second kappa shape index (κ2) is 4.96. The molecule has 1 aromatic rings. The number of hydrogen-bond acceptors (Lipinski definition) is 2. The van der Waals surface area contributed by atoms with Crippen molar-refractivity contribution in [2.45, 2.75) is 51.0 Å². The Balaban J connectivity index is 2.02. The van der Waals surface area contributed by atoms with E-state index < -0.39 is 5.60 Å². The highest BCUT2D eigenvalue weighted by molar-refractivity contribution is 5.13. The largest absolute Gasteiger partial charge is 0.390 e. The molecule has 1 aliphatic carbocycles. The van der Waals surface area contributed by atoms with Crippen LogP contribution in [-0.2, 0) is 6.42 Å². The molecule has 2 nitrogen and oxygen atoms in total. The second-order valence-corrected chi connectivity index (χ2v) is 5.29. The molecule has 0 spiro atoms. The topological polar surface area (TPSA) is 33.1 Å². The summed E-state index contributed by atoms with van der Waals surface area (Å²) in [5.41, 5.74) is 0.721. The summed E-state index contributed by atoms with van der Waals surface area (Å²) in [6.07, 6.45) is 9.84. The van der Waals surface area contributed by atoms with E-state index in [1.165, 1.54) is 12.0 Å². The molecule has 2 rings (SSSR count). The summed E-state index contributed by atoms with van der Waals surface area (Å²) in [5.74, 6) is 0.770. The van der Waals surface area contributed by atoms with Crippen molar-refractivity contribution in [2.24, 2.45) is 5.92 Å². The van der Waals surface area contributed by atoms with Gasteiger partial charge in [-0.1, -0.05) is 19.8 Å². The van der Waals surface area contributed by atoms with E-state index in [-0.39, 0.29) is 0 Å². The molecule has 2 atom stereocenters. The first kappa shape index (κ1) is 11.6. The lowest BCUT2D eigenvalue weighted by Gasteiger charge is -2.26. The molecule has 1 N–H and O–H groups in total. The van der Waals surface area contributed by atoms with Gasteiger partial charge in [0.2, 0.25) is 0 Å². The molecule has 0 radical (unpaired) electrons. The number of pyridine rings is 1. The van der Waals surface area contributed by atoms with Crippen LogP contribution in [0.25, 0.3) is 0 Å². The predicted octanol–water partition coefficient (Wildman–Crippen LogP) is 2.96. The van der Waals surface area contributed by atoms with Gasteiger partial charge in [0.1, 0.15) is 0 Å². The van der Waals surface area contributed by atoms with Gasteiger partial charge in [0, 0.05) is 18.8 Å². The minimum atomic E-state index is -0.480. The molecule has 2 unspecified atom stereocenters. The molecule has 1 aromatic heterocycles. The van der Waals surface area contributed by atoms with Crippen LogP contribution in [0.2, 0.25) is 0 Å². The van der Waals surface area contributed by atoms with Gasteiger partial charge >= 0.3 is 0 Å². The Kier molecular flexibility index (Phi) is 3.59. The molecule has 88 valence electrons. The van der Waals surface area contributed by atoms with Crippen LogP contribution in [0.4, 0.5) is 0 Å². The van der Waals surface area contributed by atoms with Crippen molar-refractivity contribution >= 4 is 0 Å². The van der Waals surface area contributed by atoms with Gasteiger partial charge in [0.05, 0.1) is 5.60 Å². The van der Waals surface area contributed by atoms with Gasteiger partial charge in [-0.3, -0.25) is 4.98 Å². The lowest BCUT2D eigenvalue weighted by molar-refractivity contribution is 0.0244. The molecule has 0 bridgehead atoms. The van der Waals surface area contributed by atoms with Crippen LogP contribution in [0.15, 0.2) is 24.5 Å². The van der Waals surface area contributed by atoms with Crippen molar-refractivity contribution in [1.29, 1.82) is 0 Å². The maximum absolute atomic E-state index is 10.6. The van der Waals surface area contributed by atoms with Gasteiger partial charge in [0.15, 0.2) is 0 Å². The maximum Gasteiger partial charge on any atom is 0.0688 e. The van der Waals surface area contributed by atoms with Gasteiger partial charge in [0.25, 0.3) is 0 Å². The lowest BCUT2D eigenvalue weighted by atomic mass is 9.87. The van der Waals surface area contributed by atoms with Crippen LogP contribution >= 0.6 is 0 Å². The van der Waals surface area contributed by atoms with Crippen LogP contribution in [0.1, 0.15) is 44.6 Å². The van der Waals surface area contributed by atoms with Crippen molar-refractivity contribution in [3.8, 4) is 0 Å². The Morgan fingerprint density at radius 1 is 1.31 bits per heavy atom. The quantitative estimate of drug-likeness (QED) is 0.776. The van der Waals surface area contributed by atoms with Gasteiger partial charge in [-0.25, -0.2) is 0 Å². The second-order valence-electron chi connectivity index (χ2n) is 5.29. The standard InChI is InChI=1S/C14H21NO/c1-12-3-2-7-14(16,8-4-12)11-13-5-9-15-10-6-13/h5-6,9-10,12,16H,2-4,7-8,11H2,1H3. The summed E-state index contributed by atoms with van der Waals surface area (Å²) < 4.78 is 0. The van der Waals surface area contributed by atoms with E-state index in [0.29, 0.717) is 0 Å². The van der Waals surface area contributed by atoms with E-state index in [0.717, 1.165) is 38.0 Å². The van der Waals surface area contributed by atoms with E-state index in [2.05, 4.69) is 11.9 Å². The minimum Gasteiger partial charge on any atom is -0.390 e. The summed E-state index contributed by atoms with van der Waals surface area (Å²) in [6.45, 7) is 2.29. The molecule has 1 saturated carbocycles. The summed E-state index contributed by atoms with van der Waals surface area (Å²) in [7, 11) is 0. The molecule has 0 aromatic carbocycles. The van der Waals surface area contributed by atoms with Gasteiger partial charge in [-0.15, -0.1) is 0 Å². The Labute approximate surface area is 97.7 Å². The normalized spacial score (nSPS) is 31.0. The minimum absolute atomic E-state index is 0.480. The van der Waals surface area contributed by atoms with Crippen LogP contribution < -0.4 is 0 Å². The molecule has 0 saturated heterocycles. The average Bonchev–Trinajstić information content (AvgIpc) is 2.43. The van der Waals surface area contributed by atoms with Crippen molar-refractivity contribution in [3.05, 3.63) is 30.1 Å². The molecule has 1 fully saturated rings. The van der Waals surface area contributed by atoms with Gasteiger partial charge in [-0.2, -0.15) is 0 Å². The van der Waals surface area contributed by atoms with E-state index in [1.54, 1.807) is 12.4 Å². The first-order valence-corrected chi connectivity index (χ1v) is 6.29. The molecule has 16 heavy (non-hydrogen) atoms. The number of hydrogen-bond donors (Lipinski definition) is 1. The van der Waals surface area contributed by atoms with Gasteiger partial charge in [-0.05, 0) is 42.9 Å². The summed E-state index contributed by atoms with van der Waals surface area (Å²) in [5, 5.41) is 10.6. The van der Waals surface area contributed by atoms with E-state index >= 15 is 0 Å². The highest BCUT2D eigenvalue weighted by atomic mass is 16.3.